The van der Waals surface area contributed by atoms with Crippen LogP contribution < -0.4 is 15.5 Å². The number of furan rings is 1. The van der Waals surface area contributed by atoms with Crippen molar-refractivity contribution in [1.82, 2.24) is 5.43 Å². The molecule has 2 aromatic carbocycles. The van der Waals surface area contributed by atoms with Crippen molar-refractivity contribution in [2.75, 3.05) is 12.4 Å². The number of ether oxygens (including phenoxy) is 1. The van der Waals surface area contributed by atoms with E-state index in [2.05, 4.69) is 15.8 Å². The number of hydrogen-bond donors (Lipinski definition) is 2. The fraction of sp³-hybridized carbons (Fsp3) is 0.208. The molecule has 10 heteroatoms. The van der Waals surface area contributed by atoms with Crippen LogP contribution in [0.4, 0.5) is 11.4 Å². The normalized spacial score (nSPS) is 13.8. The molecule has 0 spiro atoms. The Hall–Kier alpha value is -4.47. The average Bonchev–Trinajstić information content (AvgIpc) is 3.19. The Kier molecular flexibility index (Phi) is 6.39. The number of anilines is 1. The number of nitrogens with one attached hydrogen (secondary N) is 2. The zero-order chi connectivity index (χ0) is 24.2. The molecular weight excluding hydrogens is 440 g/mol. The first-order valence-corrected chi connectivity index (χ1v) is 10.6. The van der Waals surface area contributed by atoms with E-state index in [1.54, 1.807) is 38.3 Å². The summed E-state index contributed by atoms with van der Waals surface area (Å²) in [4.78, 5) is 35.6. The Morgan fingerprint density at radius 3 is 2.59 bits per heavy atom. The fourth-order valence-corrected chi connectivity index (χ4v) is 3.80. The zero-order valence-corrected chi connectivity index (χ0v) is 18.6. The summed E-state index contributed by atoms with van der Waals surface area (Å²) >= 11 is 0. The molecule has 10 nitrogen and oxygen atoms in total. The number of carbonyl (C=O) groups is 2. The summed E-state index contributed by atoms with van der Waals surface area (Å²) in [6.45, 7) is 1.78. The number of aryl methyl sites for hydroxylation is 1. The smallest absolute Gasteiger partial charge is 0.291 e. The van der Waals surface area contributed by atoms with E-state index < -0.39 is 16.7 Å². The van der Waals surface area contributed by atoms with Crippen molar-refractivity contribution in [2.24, 2.45) is 5.10 Å². The number of non-ortho nitro benzene ring substituents is 1. The van der Waals surface area contributed by atoms with Crippen molar-refractivity contribution in [3.8, 4) is 5.75 Å². The fourth-order valence-electron chi connectivity index (χ4n) is 3.80. The minimum Gasteiger partial charge on any atom is -0.497 e. The third-order valence-corrected chi connectivity index (χ3v) is 5.49. The molecule has 0 fully saturated rings. The van der Waals surface area contributed by atoms with Gasteiger partial charge in [0.1, 0.15) is 11.5 Å². The van der Waals surface area contributed by atoms with Crippen molar-refractivity contribution in [1.29, 1.82) is 0 Å². The van der Waals surface area contributed by atoms with Crippen molar-refractivity contribution in [3.05, 3.63) is 86.9 Å². The molecule has 1 aliphatic rings. The maximum Gasteiger partial charge on any atom is 0.291 e. The van der Waals surface area contributed by atoms with Crippen LogP contribution in [0, 0.1) is 17.0 Å². The van der Waals surface area contributed by atoms with E-state index in [1.807, 2.05) is 0 Å². The lowest BCUT2D eigenvalue weighted by molar-refractivity contribution is -0.384. The van der Waals surface area contributed by atoms with Gasteiger partial charge in [-0.15, -0.1) is 0 Å². The molecule has 1 aromatic heterocycles. The molecule has 3 aromatic rings. The van der Waals surface area contributed by atoms with Gasteiger partial charge in [0.15, 0.2) is 5.76 Å². The van der Waals surface area contributed by atoms with Gasteiger partial charge in [-0.05, 0) is 44.0 Å². The van der Waals surface area contributed by atoms with Crippen molar-refractivity contribution in [3.63, 3.8) is 0 Å². The van der Waals surface area contributed by atoms with E-state index in [0.717, 1.165) is 6.42 Å². The molecule has 1 heterocycles. The monoisotopic (exact) mass is 462 g/mol. The average molecular weight is 462 g/mol. The number of hydrazone groups is 1. The highest BCUT2D eigenvalue weighted by Gasteiger charge is 2.28. The Balaban J connectivity index is 1.53. The van der Waals surface area contributed by atoms with Crippen LogP contribution in [-0.2, 0) is 6.42 Å². The van der Waals surface area contributed by atoms with Gasteiger partial charge in [0.05, 0.1) is 17.7 Å². The number of hydrogen-bond acceptors (Lipinski definition) is 7. The van der Waals surface area contributed by atoms with Crippen LogP contribution in [0.25, 0.3) is 0 Å². The second kappa shape index (κ2) is 9.57. The van der Waals surface area contributed by atoms with Crippen molar-refractivity contribution < 1.29 is 23.7 Å². The van der Waals surface area contributed by atoms with Crippen LogP contribution in [-0.4, -0.2) is 29.6 Å². The molecule has 0 aliphatic heterocycles. The first kappa shape index (κ1) is 22.7. The van der Waals surface area contributed by atoms with E-state index in [-0.39, 0.29) is 17.0 Å². The van der Waals surface area contributed by atoms with Crippen LogP contribution in [0.2, 0.25) is 0 Å². The largest absolute Gasteiger partial charge is 0.497 e. The number of fused-ring (bicyclic) bond motifs is 1. The van der Waals surface area contributed by atoms with Crippen LogP contribution in [0.5, 0.6) is 5.75 Å². The summed E-state index contributed by atoms with van der Waals surface area (Å²) in [6, 6.07) is 12.2. The molecule has 0 unspecified atom stereocenters. The second-order valence-corrected chi connectivity index (χ2v) is 7.70. The van der Waals surface area contributed by atoms with Crippen molar-refractivity contribution >= 4 is 28.9 Å². The maximum atomic E-state index is 12.9. The quantitative estimate of drug-likeness (QED) is 0.416. The van der Waals surface area contributed by atoms with Gasteiger partial charge >= 0.3 is 0 Å². The van der Waals surface area contributed by atoms with E-state index in [9.17, 15) is 19.7 Å². The highest BCUT2D eigenvalue weighted by Crippen LogP contribution is 2.30. The zero-order valence-electron chi connectivity index (χ0n) is 18.6. The van der Waals surface area contributed by atoms with Gasteiger partial charge in [0.2, 0.25) is 0 Å². The Labute approximate surface area is 194 Å². The molecule has 174 valence electrons. The van der Waals surface area contributed by atoms with Gasteiger partial charge in [-0.3, -0.25) is 19.7 Å². The molecule has 2 amide bonds. The highest BCUT2D eigenvalue weighted by atomic mass is 16.6. The van der Waals surface area contributed by atoms with Gasteiger partial charge in [0, 0.05) is 47.0 Å². The van der Waals surface area contributed by atoms with Crippen molar-refractivity contribution in [2.45, 2.75) is 26.2 Å². The highest BCUT2D eigenvalue weighted by molar-refractivity contribution is 6.09. The van der Waals surface area contributed by atoms with Crippen LogP contribution in [0.1, 0.15) is 50.6 Å². The molecule has 2 N–H and O–H groups in total. The number of nitro groups is 1. The Morgan fingerprint density at radius 1 is 1.12 bits per heavy atom. The molecule has 4 rings (SSSR count). The third-order valence-electron chi connectivity index (χ3n) is 5.49. The molecular formula is C24H22N4O6. The minimum absolute atomic E-state index is 0.103. The Bertz CT molecular complexity index is 1290. The van der Waals surface area contributed by atoms with Crippen LogP contribution in [0.15, 0.2) is 58.0 Å². The molecule has 0 saturated carbocycles. The molecule has 0 bridgehead atoms. The van der Waals surface area contributed by atoms with Gasteiger partial charge in [0.25, 0.3) is 17.5 Å². The third kappa shape index (κ3) is 4.65. The predicted molar refractivity (Wildman–Crippen MR) is 124 cm³/mol. The summed E-state index contributed by atoms with van der Waals surface area (Å²) < 4.78 is 11.1. The summed E-state index contributed by atoms with van der Waals surface area (Å²) in [5.41, 5.74) is 5.17. The van der Waals surface area contributed by atoms with Gasteiger partial charge in [-0.1, -0.05) is 6.07 Å². The number of rotatable bonds is 6. The first-order chi connectivity index (χ1) is 16.4. The maximum absolute atomic E-state index is 12.9. The standard InChI is InChI=1S/C24H22N4O6/c1-14-21-19(26-27-23(29)15-9-11-17(12-10-15)28(31)32)7-4-8-20(21)34-22(14)24(30)25-16-5-3-6-18(13-16)33-2/h3,5-6,9-13H,4,7-8H2,1-2H3,(H,25,30)(H,27,29)/b26-19+. The molecule has 1 aliphatic carbocycles. The van der Waals surface area contributed by atoms with E-state index in [4.69, 9.17) is 9.15 Å². The van der Waals surface area contributed by atoms with E-state index in [0.29, 0.717) is 46.9 Å². The number of amides is 2. The van der Waals surface area contributed by atoms with Crippen LogP contribution in [0.3, 0.4) is 0 Å². The van der Waals surface area contributed by atoms with Gasteiger partial charge in [-0.2, -0.15) is 5.10 Å². The van der Waals surface area contributed by atoms with Crippen LogP contribution >= 0.6 is 0 Å². The molecule has 0 saturated heterocycles. The molecule has 34 heavy (non-hydrogen) atoms. The second-order valence-electron chi connectivity index (χ2n) is 7.70. The number of benzene rings is 2. The minimum atomic E-state index is -0.533. The summed E-state index contributed by atoms with van der Waals surface area (Å²) in [5.74, 6) is 0.555. The number of nitrogens with zero attached hydrogens (tertiary/aromatic N) is 2. The van der Waals surface area contributed by atoms with Gasteiger partial charge in [-0.25, -0.2) is 5.43 Å². The topological polar surface area (TPSA) is 136 Å². The van der Waals surface area contributed by atoms with Gasteiger partial charge < -0.3 is 14.5 Å². The lowest BCUT2D eigenvalue weighted by atomic mass is 9.93. The SMILES string of the molecule is COc1cccc(NC(=O)c2oc3c(c2C)/C(=N/NC(=O)c2ccc([N+](=O)[O-])cc2)CCC3)c1. The summed E-state index contributed by atoms with van der Waals surface area (Å²) in [5, 5.41) is 17.9. The number of nitro benzene ring substituents is 1. The number of carbonyl (C=O) groups excluding carboxylic acids is 2. The first-order valence-electron chi connectivity index (χ1n) is 10.6. The lowest BCUT2D eigenvalue weighted by Gasteiger charge is -2.13. The molecule has 0 atom stereocenters. The lowest BCUT2D eigenvalue weighted by Crippen LogP contribution is -2.22. The summed E-state index contributed by atoms with van der Waals surface area (Å²) in [7, 11) is 1.55. The number of methoxy groups -OCH3 is 1. The summed E-state index contributed by atoms with van der Waals surface area (Å²) in [6.07, 6.45) is 2.01. The van der Waals surface area contributed by atoms with E-state index in [1.165, 1.54) is 24.3 Å². The Morgan fingerprint density at radius 2 is 1.88 bits per heavy atom. The molecule has 0 radical (unpaired) electrons. The predicted octanol–water partition coefficient (Wildman–Crippen LogP) is 4.23. The van der Waals surface area contributed by atoms with E-state index >= 15 is 0 Å².